The average Bonchev–Trinajstić information content (AvgIpc) is 3.00. The van der Waals surface area contributed by atoms with Gasteiger partial charge in [-0.3, -0.25) is 10.4 Å². The monoisotopic (exact) mass is 653 g/mol. The second-order valence-corrected chi connectivity index (χ2v) is 12.1. The predicted molar refractivity (Wildman–Crippen MR) is 157 cm³/mol. The van der Waals surface area contributed by atoms with Crippen LogP contribution in [0.4, 0.5) is 0 Å². The molecule has 2 saturated heterocycles. The van der Waals surface area contributed by atoms with Gasteiger partial charge in [-0.2, -0.15) is 0 Å². The van der Waals surface area contributed by atoms with Crippen molar-refractivity contribution in [1.82, 2.24) is 10.6 Å². The number of rotatable bonds is 13. The van der Waals surface area contributed by atoms with E-state index in [9.17, 15) is 30.6 Å². The molecule has 1 aliphatic carbocycles. The minimum Gasteiger partial charge on any atom is -0.394 e. The van der Waals surface area contributed by atoms with Gasteiger partial charge in [-0.1, -0.05) is 0 Å². The number of nitrogens with one attached hydrogen (secondary N) is 3. The number of nitrogens with two attached hydrogens (primary N) is 3. The summed E-state index contributed by atoms with van der Waals surface area (Å²) < 4.78 is 23.8. The maximum atomic E-state index is 11.6. The van der Waals surface area contributed by atoms with E-state index in [0.717, 1.165) is 0 Å². The summed E-state index contributed by atoms with van der Waals surface area (Å²) in [4.78, 5) is 4.06. The van der Waals surface area contributed by atoms with Gasteiger partial charge in [0.2, 0.25) is 0 Å². The van der Waals surface area contributed by atoms with E-state index in [1.54, 1.807) is 0 Å². The molecular weight excluding hydrogens is 602 g/mol. The topological polar surface area (TPSA) is 337 Å². The van der Waals surface area contributed by atoms with Gasteiger partial charge in [0.15, 0.2) is 12.6 Å². The number of likely N-dealkylation sites (N-methyl/N-ethyl adjacent to an activating group) is 1. The molecule has 3 fully saturated rings. The molecule has 3 rings (SSSR count). The number of hydrogen-bond acceptors (Lipinski definition) is 17. The number of aliphatic hydroxyl groups excluding tert-OH is 7. The molecule has 0 aromatic carbocycles. The summed E-state index contributed by atoms with van der Waals surface area (Å²) in [5.41, 5.74) is 16.8. The Morgan fingerprint density at radius 1 is 1.07 bits per heavy atom. The lowest BCUT2D eigenvalue weighted by Gasteiger charge is -2.49. The van der Waals surface area contributed by atoms with Crippen molar-refractivity contribution in [3.8, 4) is 0 Å². The molecule has 0 amide bonds. The Morgan fingerprint density at radius 2 is 1.73 bits per heavy atom. The molecule has 17 N–H and O–H groups in total. The van der Waals surface area contributed by atoms with Crippen molar-refractivity contribution >= 4 is 11.7 Å². The summed E-state index contributed by atoms with van der Waals surface area (Å²) in [5.74, 6) is -0.630. The molecule has 3 aliphatic rings. The first kappa shape index (κ1) is 37.8. The van der Waals surface area contributed by atoms with Gasteiger partial charge in [0.1, 0.15) is 66.6 Å². The van der Waals surface area contributed by atoms with Gasteiger partial charge in [0.05, 0.1) is 44.0 Å². The number of hydrogen-bond donors (Lipinski definition) is 14. The Bertz CT molecular complexity index is 983. The zero-order valence-electron chi connectivity index (χ0n) is 25.4. The molecule has 0 bridgehead atoms. The van der Waals surface area contributed by atoms with E-state index in [1.807, 2.05) is 0 Å². The van der Waals surface area contributed by atoms with Crippen LogP contribution < -0.4 is 27.8 Å². The van der Waals surface area contributed by atoms with Gasteiger partial charge >= 0.3 is 0 Å². The van der Waals surface area contributed by atoms with Crippen molar-refractivity contribution in [2.45, 2.75) is 117 Å². The van der Waals surface area contributed by atoms with Crippen molar-refractivity contribution in [3.05, 3.63) is 0 Å². The number of nitrogens with zero attached hydrogens (tertiary/aromatic N) is 1. The third kappa shape index (κ3) is 9.24. The van der Waals surface area contributed by atoms with Gasteiger partial charge < -0.3 is 87.6 Å². The predicted octanol–water partition coefficient (Wildman–Crippen LogP) is -6.90. The lowest BCUT2D eigenvalue weighted by atomic mass is 9.83. The molecule has 262 valence electrons. The molecule has 19 heteroatoms. The standard InChI is InChI=1S/C26H51N7O12/c1-26(41)9-42-25(19(40)22(26)31-2)45-21-13(33-23(30)17(38)16(37)14(36)7-34)5-12(28)20(18(21)39)44-24-11(27)4-3-10(43-24)6-32-15(29)8-35/h10-14,16-22,24-25,31,34-41H,3-9,27-28H2,1-2H3,(H2,29,32)(H2,30,33)/t10-,11?,12-,13+,14?,16?,17?,18?,19?,20?,21?,22+,24+,25+,26?/m0/s1. The highest BCUT2D eigenvalue weighted by molar-refractivity contribution is 5.84. The highest BCUT2D eigenvalue weighted by atomic mass is 16.7. The molecule has 1 saturated carbocycles. The second kappa shape index (κ2) is 16.4. The molecule has 45 heavy (non-hydrogen) atoms. The van der Waals surface area contributed by atoms with Crippen molar-refractivity contribution in [2.75, 3.05) is 33.4 Å². The molecule has 0 aromatic rings. The Kier molecular flexibility index (Phi) is 13.8. The van der Waals surface area contributed by atoms with E-state index in [4.69, 9.17) is 51.8 Å². The van der Waals surface area contributed by atoms with Crippen LogP contribution in [0.2, 0.25) is 0 Å². The van der Waals surface area contributed by atoms with E-state index >= 15 is 0 Å². The van der Waals surface area contributed by atoms with Crippen LogP contribution in [-0.2, 0) is 18.9 Å². The summed E-state index contributed by atoms with van der Waals surface area (Å²) in [6.07, 6.45) is -12.9. The van der Waals surface area contributed by atoms with E-state index in [-0.39, 0.29) is 25.4 Å². The van der Waals surface area contributed by atoms with Crippen LogP contribution >= 0.6 is 0 Å². The molecule has 0 spiro atoms. The molecular formula is C26H51N7O12. The number of aliphatic hydroxyl groups is 8. The van der Waals surface area contributed by atoms with Crippen molar-refractivity contribution in [3.63, 3.8) is 0 Å². The quantitative estimate of drug-likeness (QED) is 0.0648. The SMILES string of the molecule is CN[C@@H]1C(O)[C@@H](OC2C(O)C(O[C@H]3O[C@H](CN=C(N)CO)CCC3N)[C@@H](N)C[C@H]2NC(=N)C(O)C(O)C(O)CO)OCC1(C)O. The maximum absolute atomic E-state index is 11.6. The van der Waals surface area contributed by atoms with Crippen LogP contribution in [0.25, 0.3) is 0 Å². The van der Waals surface area contributed by atoms with Crippen LogP contribution in [0, 0.1) is 5.41 Å². The minimum atomic E-state index is -1.96. The third-order valence-corrected chi connectivity index (χ3v) is 8.44. The summed E-state index contributed by atoms with van der Waals surface area (Å²) >= 11 is 0. The van der Waals surface area contributed by atoms with E-state index in [2.05, 4.69) is 15.6 Å². The van der Waals surface area contributed by atoms with Gasteiger partial charge in [-0.25, -0.2) is 0 Å². The zero-order chi connectivity index (χ0) is 33.6. The fourth-order valence-corrected chi connectivity index (χ4v) is 5.80. The van der Waals surface area contributed by atoms with Crippen LogP contribution in [-0.4, -0.2) is 177 Å². The highest BCUT2D eigenvalue weighted by Gasteiger charge is 2.52. The Hall–Kier alpha value is -1.66. The summed E-state index contributed by atoms with van der Waals surface area (Å²) in [6, 6.07) is -3.44. The fourth-order valence-electron chi connectivity index (χ4n) is 5.80. The van der Waals surface area contributed by atoms with Gasteiger partial charge in [0, 0.05) is 6.04 Å². The molecule has 2 aliphatic heterocycles. The Labute approximate surface area is 260 Å². The molecule has 9 unspecified atom stereocenters. The van der Waals surface area contributed by atoms with Crippen LogP contribution in [0.5, 0.6) is 0 Å². The molecule has 19 nitrogen and oxygen atoms in total. The first-order valence-electron chi connectivity index (χ1n) is 14.9. The fraction of sp³-hybridized carbons (Fsp3) is 0.923. The molecule has 0 radical (unpaired) electrons. The normalized spacial score (nSPS) is 41.7. The molecule has 0 aromatic heterocycles. The summed E-state index contributed by atoms with van der Waals surface area (Å²) in [5, 5.41) is 95.5. The average molecular weight is 654 g/mol. The number of amidine groups is 2. The second-order valence-electron chi connectivity index (χ2n) is 12.1. The Morgan fingerprint density at radius 3 is 2.36 bits per heavy atom. The zero-order valence-corrected chi connectivity index (χ0v) is 25.4. The van der Waals surface area contributed by atoms with Crippen LogP contribution in [0.3, 0.4) is 0 Å². The smallest absolute Gasteiger partial charge is 0.185 e. The van der Waals surface area contributed by atoms with Crippen molar-refractivity contribution in [1.29, 1.82) is 5.41 Å². The van der Waals surface area contributed by atoms with Gasteiger partial charge in [0.25, 0.3) is 0 Å². The van der Waals surface area contributed by atoms with Gasteiger partial charge in [-0.05, 0) is 33.2 Å². The minimum absolute atomic E-state index is 0.0393. The van der Waals surface area contributed by atoms with Crippen molar-refractivity contribution < 1.29 is 59.8 Å². The Balaban J connectivity index is 1.83. The van der Waals surface area contributed by atoms with Crippen molar-refractivity contribution in [2.24, 2.45) is 22.2 Å². The van der Waals surface area contributed by atoms with E-state index < -0.39 is 110 Å². The lowest BCUT2D eigenvalue weighted by molar-refractivity contribution is -0.307. The molecule has 2 heterocycles. The number of aliphatic imine (C=N–C) groups is 1. The molecule has 15 atom stereocenters. The number of ether oxygens (including phenoxy) is 4. The first-order chi connectivity index (χ1) is 21.1. The summed E-state index contributed by atoms with van der Waals surface area (Å²) in [6.45, 7) is 0.0903. The lowest BCUT2D eigenvalue weighted by Crippen LogP contribution is -2.69. The largest absolute Gasteiger partial charge is 0.394 e. The first-order valence-corrected chi connectivity index (χ1v) is 14.9. The van der Waals surface area contributed by atoms with Crippen LogP contribution in [0.15, 0.2) is 4.99 Å². The van der Waals surface area contributed by atoms with E-state index in [0.29, 0.717) is 12.8 Å². The highest BCUT2D eigenvalue weighted by Crippen LogP contribution is 2.32. The van der Waals surface area contributed by atoms with Crippen LogP contribution in [0.1, 0.15) is 26.2 Å². The third-order valence-electron chi connectivity index (χ3n) is 8.44. The maximum Gasteiger partial charge on any atom is 0.185 e. The summed E-state index contributed by atoms with van der Waals surface area (Å²) in [7, 11) is 1.53. The van der Waals surface area contributed by atoms with E-state index in [1.165, 1.54) is 14.0 Å². The van der Waals surface area contributed by atoms with Gasteiger partial charge in [-0.15, -0.1) is 0 Å².